The molecule has 1 heterocycles. The van der Waals surface area contributed by atoms with Gasteiger partial charge in [-0.3, -0.25) is 4.79 Å². The Morgan fingerprint density at radius 3 is 2.65 bits per heavy atom. The van der Waals surface area contributed by atoms with Crippen molar-refractivity contribution >= 4 is 34.0 Å². The molecule has 0 saturated carbocycles. The molecule has 0 aliphatic heterocycles. The average Bonchev–Trinajstić information content (AvgIpc) is 2.46. The molecule has 1 aromatic heterocycles. The highest BCUT2D eigenvalue weighted by atomic mass is 35.5. The standard InChI is InChI=1S/C16H11ClN2O/c17-11-5-3-4-10(8-11)16(20)15-9-13(18)12-6-1-2-7-14(12)19-15/h1-9H,(H2,18,19). The molecule has 0 atom stereocenters. The highest BCUT2D eigenvalue weighted by Gasteiger charge is 2.13. The molecule has 3 rings (SSSR count). The van der Waals surface area contributed by atoms with E-state index in [1.54, 1.807) is 30.3 Å². The van der Waals surface area contributed by atoms with Crippen molar-refractivity contribution in [3.05, 3.63) is 70.9 Å². The van der Waals surface area contributed by atoms with Crippen LogP contribution in [0.25, 0.3) is 10.9 Å². The first kappa shape index (κ1) is 12.6. The molecule has 0 bridgehead atoms. The second-order valence-corrected chi connectivity index (χ2v) is 4.89. The van der Waals surface area contributed by atoms with Crippen LogP contribution in [0, 0.1) is 0 Å². The number of pyridine rings is 1. The quantitative estimate of drug-likeness (QED) is 0.729. The number of nitrogen functional groups attached to an aromatic ring is 1. The van der Waals surface area contributed by atoms with Crippen LogP contribution in [0.15, 0.2) is 54.6 Å². The Morgan fingerprint density at radius 1 is 1.05 bits per heavy atom. The average molecular weight is 283 g/mol. The summed E-state index contributed by atoms with van der Waals surface area (Å²) in [5, 5.41) is 1.36. The van der Waals surface area contributed by atoms with Crippen molar-refractivity contribution in [3.63, 3.8) is 0 Å². The number of carbonyl (C=O) groups is 1. The van der Waals surface area contributed by atoms with E-state index in [1.165, 1.54) is 0 Å². The van der Waals surface area contributed by atoms with E-state index in [-0.39, 0.29) is 5.78 Å². The Labute approximate surface area is 121 Å². The maximum atomic E-state index is 12.4. The fourth-order valence-electron chi connectivity index (χ4n) is 2.10. The van der Waals surface area contributed by atoms with Gasteiger partial charge in [0.05, 0.1) is 5.52 Å². The Morgan fingerprint density at radius 2 is 1.85 bits per heavy atom. The molecule has 2 aromatic carbocycles. The molecule has 4 heteroatoms. The van der Waals surface area contributed by atoms with E-state index in [9.17, 15) is 4.79 Å². The van der Waals surface area contributed by atoms with Crippen LogP contribution in [0.5, 0.6) is 0 Å². The van der Waals surface area contributed by atoms with Gasteiger partial charge in [0.25, 0.3) is 0 Å². The molecule has 0 spiro atoms. The van der Waals surface area contributed by atoms with Gasteiger partial charge in [0.2, 0.25) is 5.78 Å². The maximum absolute atomic E-state index is 12.4. The summed E-state index contributed by atoms with van der Waals surface area (Å²) in [5.74, 6) is -0.190. The van der Waals surface area contributed by atoms with Crippen LogP contribution < -0.4 is 5.73 Å². The molecule has 20 heavy (non-hydrogen) atoms. The number of rotatable bonds is 2. The van der Waals surface area contributed by atoms with Crippen LogP contribution in [0.3, 0.4) is 0 Å². The number of aromatic nitrogens is 1. The first-order valence-corrected chi connectivity index (χ1v) is 6.48. The van der Waals surface area contributed by atoms with Crippen molar-refractivity contribution in [2.75, 3.05) is 5.73 Å². The lowest BCUT2D eigenvalue weighted by Crippen LogP contribution is -2.05. The van der Waals surface area contributed by atoms with Gasteiger partial charge < -0.3 is 5.73 Å². The number of hydrogen-bond acceptors (Lipinski definition) is 3. The molecule has 0 unspecified atom stereocenters. The van der Waals surface area contributed by atoms with Crippen LogP contribution in [-0.4, -0.2) is 10.8 Å². The molecule has 0 aliphatic rings. The molecule has 3 aromatic rings. The van der Waals surface area contributed by atoms with E-state index in [0.29, 0.717) is 27.5 Å². The second-order valence-electron chi connectivity index (χ2n) is 4.45. The molecule has 0 saturated heterocycles. The Bertz CT molecular complexity index is 814. The third kappa shape index (κ3) is 2.24. The predicted octanol–water partition coefficient (Wildman–Crippen LogP) is 3.70. The van der Waals surface area contributed by atoms with Crippen LogP contribution in [0.2, 0.25) is 5.02 Å². The zero-order chi connectivity index (χ0) is 14.1. The summed E-state index contributed by atoms with van der Waals surface area (Å²) in [5.41, 5.74) is 8.06. The normalized spacial score (nSPS) is 10.7. The minimum Gasteiger partial charge on any atom is -0.398 e. The second kappa shape index (κ2) is 4.94. The summed E-state index contributed by atoms with van der Waals surface area (Å²) >= 11 is 5.91. The number of nitrogens with two attached hydrogens (primary N) is 1. The van der Waals surface area contributed by atoms with E-state index in [0.717, 1.165) is 5.39 Å². The van der Waals surface area contributed by atoms with E-state index in [1.807, 2.05) is 24.3 Å². The lowest BCUT2D eigenvalue weighted by atomic mass is 10.1. The number of para-hydroxylation sites is 1. The summed E-state index contributed by atoms with van der Waals surface area (Å²) < 4.78 is 0. The van der Waals surface area contributed by atoms with Gasteiger partial charge in [-0.25, -0.2) is 4.98 Å². The van der Waals surface area contributed by atoms with Crippen molar-refractivity contribution in [1.29, 1.82) is 0 Å². The summed E-state index contributed by atoms with van der Waals surface area (Å²) in [6.45, 7) is 0. The number of fused-ring (bicyclic) bond motifs is 1. The van der Waals surface area contributed by atoms with Gasteiger partial charge in [-0.05, 0) is 24.3 Å². The number of nitrogens with zero attached hydrogens (tertiary/aromatic N) is 1. The number of ketones is 1. The van der Waals surface area contributed by atoms with Crippen molar-refractivity contribution in [3.8, 4) is 0 Å². The van der Waals surface area contributed by atoms with Crippen LogP contribution in [-0.2, 0) is 0 Å². The molecule has 0 fully saturated rings. The Hall–Kier alpha value is -2.39. The predicted molar refractivity (Wildman–Crippen MR) is 81.0 cm³/mol. The number of hydrogen-bond donors (Lipinski definition) is 1. The number of halogens is 1. The van der Waals surface area contributed by atoms with Gasteiger partial charge in [0.15, 0.2) is 0 Å². The summed E-state index contributed by atoms with van der Waals surface area (Å²) in [6, 6.07) is 15.9. The van der Waals surface area contributed by atoms with Crippen LogP contribution in [0.1, 0.15) is 16.1 Å². The van der Waals surface area contributed by atoms with Crippen LogP contribution >= 0.6 is 11.6 Å². The molecule has 3 nitrogen and oxygen atoms in total. The third-order valence-corrected chi connectivity index (χ3v) is 3.30. The van der Waals surface area contributed by atoms with Gasteiger partial charge >= 0.3 is 0 Å². The zero-order valence-corrected chi connectivity index (χ0v) is 11.3. The lowest BCUT2D eigenvalue weighted by molar-refractivity contribution is 0.103. The van der Waals surface area contributed by atoms with Crippen LogP contribution in [0.4, 0.5) is 5.69 Å². The summed E-state index contributed by atoms with van der Waals surface area (Å²) in [7, 11) is 0. The molecule has 0 radical (unpaired) electrons. The molecular weight excluding hydrogens is 272 g/mol. The molecule has 98 valence electrons. The largest absolute Gasteiger partial charge is 0.398 e. The smallest absolute Gasteiger partial charge is 0.211 e. The van der Waals surface area contributed by atoms with Crippen molar-refractivity contribution in [2.45, 2.75) is 0 Å². The summed E-state index contributed by atoms with van der Waals surface area (Å²) in [4.78, 5) is 16.8. The number of benzene rings is 2. The van der Waals surface area contributed by atoms with Crippen molar-refractivity contribution < 1.29 is 4.79 Å². The molecular formula is C16H11ClN2O. The van der Waals surface area contributed by atoms with E-state index in [2.05, 4.69) is 4.98 Å². The Balaban J connectivity index is 2.12. The van der Waals surface area contributed by atoms with Crippen molar-refractivity contribution in [2.24, 2.45) is 0 Å². The zero-order valence-electron chi connectivity index (χ0n) is 10.5. The molecule has 0 amide bonds. The Kier molecular flexibility index (Phi) is 3.12. The monoisotopic (exact) mass is 282 g/mol. The highest BCUT2D eigenvalue weighted by molar-refractivity contribution is 6.31. The first-order valence-electron chi connectivity index (χ1n) is 6.11. The minimum atomic E-state index is -0.190. The number of carbonyl (C=O) groups excluding carboxylic acids is 1. The first-order chi connectivity index (χ1) is 9.65. The van der Waals surface area contributed by atoms with E-state index >= 15 is 0 Å². The lowest BCUT2D eigenvalue weighted by Gasteiger charge is -2.06. The van der Waals surface area contributed by atoms with Gasteiger partial charge in [0.1, 0.15) is 5.69 Å². The highest BCUT2D eigenvalue weighted by Crippen LogP contribution is 2.22. The fraction of sp³-hybridized carbons (Fsp3) is 0. The van der Waals surface area contributed by atoms with E-state index < -0.39 is 0 Å². The maximum Gasteiger partial charge on any atom is 0.211 e. The minimum absolute atomic E-state index is 0.190. The third-order valence-electron chi connectivity index (χ3n) is 3.07. The SMILES string of the molecule is Nc1cc(C(=O)c2cccc(Cl)c2)nc2ccccc12. The van der Waals surface area contributed by atoms with Gasteiger partial charge in [0, 0.05) is 21.7 Å². The van der Waals surface area contributed by atoms with E-state index in [4.69, 9.17) is 17.3 Å². The van der Waals surface area contributed by atoms with Gasteiger partial charge in [-0.1, -0.05) is 41.9 Å². The topological polar surface area (TPSA) is 56.0 Å². The molecule has 0 aliphatic carbocycles. The van der Waals surface area contributed by atoms with Gasteiger partial charge in [-0.2, -0.15) is 0 Å². The van der Waals surface area contributed by atoms with Gasteiger partial charge in [-0.15, -0.1) is 0 Å². The summed E-state index contributed by atoms with van der Waals surface area (Å²) in [6.07, 6.45) is 0. The molecule has 2 N–H and O–H groups in total. The van der Waals surface area contributed by atoms with Crippen molar-refractivity contribution in [1.82, 2.24) is 4.98 Å². The fourth-order valence-corrected chi connectivity index (χ4v) is 2.29. The number of anilines is 1.